The molecule has 0 aromatic carbocycles. The molecule has 11 heteroatoms. The number of carbonyl (C=O) groups is 5. The number of carbonyl (C=O) groups excluding carboxylic acids is 5. The predicted octanol–water partition coefficient (Wildman–Crippen LogP) is -2.24. The van der Waals surface area contributed by atoms with E-state index in [1.807, 2.05) is 6.92 Å². The summed E-state index contributed by atoms with van der Waals surface area (Å²) in [6, 6.07) is -1.48. The largest absolute Gasteiger partial charge is 0.381 e. The molecule has 0 radical (unpaired) electrons. The Kier molecular flexibility index (Phi) is 8.13. The van der Waals surface area contributed by atoms with Gasteiger partial charge in [0.1, 0.15) is 11.3 Å². The lowest BCUT2D eigenvalue weighted by atomic mass is 10.0. The molecule has 174 valence electrons. The van der Waals surface area contributed by atoms with Gasteiger partial charge in [0.2, 0.25) is 17.7 Å². The minimum Gasteiger partial charge on any atom is -0.381 e. The minimum absolute atomic E-state index is 0.0415. The van der Waals surface area contributed by atoms with E-state index in [-0.39, 0.29) is 24.7 Å². The molecular weight excluding hydrogens is 406 g/mol. The number of nitrogens with zero attached hydrogens (tertiary/aromatic N) is 2. The summed E-state index contributed by atoms with van der Waals surface area (Å²) in [7, 11) is 4.88. The molecule has 1 aliphatic heterocycles. The molecule has 2 fully saturated rings. The zero-order valence-electron chi connectivity index (χ0n) is 18.6. The average molecular weight is 440 g/mol. The summed E-state index contributed by atoms with van der Waals surface area (Å²) in [5.41, 5.74) is -0.909. The van der Waals surface area contributed by atoms with Crippen LogP contribution in [-0.4, -0.2) is 102 Å². The average Bonchev–Trinajstić information content (AvgIpc) is 3.40. The molecule has 11 nitrogen and oxygen atoms in total. The van der Waals surface area contributed by atoms with Crippen LogP contribution in [0.25, 0.3) is 0 Å². The second kappa shape index (κ2) is 10.2. The van der Waals surface area contributed by atoms with E-state index < -0.39 is 48.0 Å². The molecule has 1 aliphatic carbocycles. The molecule has 31 heavy (non-hydrogen) atoms. The van der Waals surface area contributed by atoms with Crippen LogP contribution < -0.4 is 16.0 Å². The molecular formula is C20H33N5O6. The fourth-order valence-corrected chi connectivity index (χ4v) is 3.73. The SMILES string of the molecule is CCCC(NC(=O)C1CC(=O)CN1C)C(O)C(=O)NCC(=O)NC1(C(=O)N(C)C)CC1. The molecule has 2 rings (SSSR count). The number of aliphatic hydroxyl groups excluding tert-OH is 1. The third-order valence-corrected chi connectivity index (χ3v) is 5.63. The maximum Gasteiger partial charge on any atom is 0.251 e. The van der Waals surface area contributed by atoms with Crippen LogP contribution in [0.2, 0.25) is 0 Å². The van der Waals surface area contributed by atoms with Gasteiger partial charge in [0.15, 0.2) is 6.10 Å². The van der Waals surface area contributed by atoms with E-state index in [9.17, 15) is 29.1 Å². The molecule has 3 atom stereocenters. The molecule has 1 saturated carbocycles. The van der Waals surface area contributed by atoms with Crippen molar-refractivity contribution >= 4 is 29.4 Å². The van der Waals surface area contributed by atoms with Crippen molar-refractivity contribution in [2.75, 3.05) is 34.2 Å². The Bertz CT molecular complexity index is 736. The number of hydrogen-bond acceptors (Lipinski definition) is 7. The number of ketones is 1. The highest BCUT2D eigenvalue weighted by atomic mass is 16.3. The Labute approximate surface area is 181 Å². The summed E-state index contributed by atoms with van der Waals surface area (Å²) < 4.78 is 0. The first-order chi connectivity index (χ1) is 14.5. The summed E-state index contributed by atoms with van der Waals surface area (Å²) in [5, 5.41) is 18.1. The first kappa shape index (κ1) is 24.7. The summed E-state index contributed by atoms with van der Waals surface area (Å²) in [5.74, 6) is -1.99. The van der Waals surface area contributed by atoms with Gasteiger partial charge in [0, 0.05) is 20.5 Å². The molecule has 1 saturated heterocycles. The van der Waals surface area contributed by atoms with Crippen molar-refractivity contribution < 1.29 is 29.1 Å². The highest BCUT2D eigenvalue weighted by Crippen LogP contribution is 2.36. The quantitative estimate of drug-likeness (QED) is 0.301. The van der Waals surface area contributed by atoms with E-state index in [1.165, 1.54) is 4.90 Å². The van der Waals surface area contributed by atoms with Gasteiger partial charge in [0.25, 0.3) is 5.91 Å². The lowest BCUT2D eigenvalue weighted by molar-refractivity contribution is -0.136. The zero-order chi connectivity index (χ0) is 23.3. The number of likely N-dealkylation sites (tertiary alicyclic amines) is 1. The van der Waals surface area contributed by atoms with Gasteiger partial charge in [-0.25, -0.2) is 0 Å². The topological polar surface area (TPSA) is 148 Å². The molecule has 3 unspecified atom stereocenters. The van der Waals surface area contributed by atoms with Crippen molar-refractivity contribution in [2.24, 2.45) is 0 Å². The molecule has 4 amide bonds. The van der Waals surface area contributed by atoms with Crippen LogP contribution in [0.1, 0.15) is 39.0 Å². The normalized spacial score (nSPS) is 21.7. The first-order valence-corrected chi connectivity index (χ1v) is 10.5. The van der Waals surface area contributed by atoms with Crippen molar-refractivity contribution in [2.45, 2.75) is 62.8 Å². The smallest absolute Gasteiger partial charge is 0.251 e. The van der Waals surface area contributed by atoms with Crippen LogP contribution in [0.3, 0.4) is 0 Å². The standard InChI is InChI=1S/C20H33N5O6/c1-5-6-13(22-17(29)14-9-12(26)11-25(14)4)16(28)18(30)21-10-15(27)23-20(7-8-20)19(31)24(2)3/h13-14,16,28H,5-11H2,1-4H3,(H,21,30)(H,22,29)(H,23,27). The third-order valence-electron chi connectivity index (χ3n) is 5.63. The maximum atomic E-state index is 12.5. The molecule has 4 N–H and O–H groups in total. The van der Waals surface area contributed by atoms with Crippen molar-refractivity contribution in [3.8, 4) is 0 Å². The number of Topliss-reactive ketones (excluding diaryl/α,β-unsaturated/α-hetero) is 1. The summed E-state index contributed by atoms with van der Waals surface area (Å²) in [6.45, 7) is 1.64. The molecule has 1 heterocycles. The van der Waals surface area contributed by atoms with Crippen molar-refractivity contribution in [3.05, 3.63) is 0 Å². The predicted molar refractivity (Wildman–Crippen MR) is 111 cm³/mol. The Balaban J connectivity index is 1.87. The lowest BCUT2D eigenvalue weighted by Gasteiger charge is -2.26. The van der Waals surface area contributed by atoms with Crippen molar-refractivity contribution in [1.29, 1.82) is 0 Å². The molecule has 0 bridgehead atoms. The number of aliphatic hydroxyl groups is 1. The van der Waals surface area contributed by atoms with Crippen molar-refractivity contribution in [3.63, 3.8) is 0 Å². The highest BCUT2D eigenvalue weighted by molar-refractivity contribution is 5.96. The van der Waals surface area contributed by atoms with Gasteiger partial charge in [-0.1, -0.05) is 13.3 Å². The summed E-state index contributed by atoms with van der Waals surface area (Å²) in [4.78, 5) is 63.8. The number of likely N-dealkylation sites (N-methyl/N-ethyl adjacent to an activating group) is 2. The van der Waals surface area contributed by atoms with Crippen LogP contribution >= 0.6 is 0 Å². The van der Waals surface area contributed by atoms with E-state index in [4.69, 9.17) is 0 Å². The Morgan fingerprint density at radius 1 is 1.26 bits per heavy atom. The van der Waals surface area contributed by atoms with Gasteiger partial charge in [-0.3, -0.25) is 28.9 Å². The second-order valence-corrected chi connectivity index (χ2v) is 8.57. The Hall–Kier alpha value is -2.53. The van der Waals surface area contributed by atoms with Gasteiger partial charge < -0.3 is 26.0 Å². The van der Waals surface area contributed by atoms with Crippen LogP contribution in [-0.2, 0) is 24.0 Å². The summed E-state index contributed by atoms with van der Waals surface area (Å²) >= 11 is 0. The fraction of sp³-hybridized carbons (Fsp3) is 0.750. The Morgan fingerprint density at radius 2 is 1.90 bits per heavy atom. The van der Waals surface area contributed by atoms with Crippen LogP contribution in [0.5, 0.6) is 0 Å². The van der Waals surface area contributed by atoms with E-state index in [0.29, 0.717) is 25.7 Å². The van der Waals surface area contributed by atoms with E-state index in [1.54, 1.807) is 26.0 Å². The number of amides is 4. The van der Waals surface area contributed by atoms with Crippen molar-refractivity contribution in [1.82, 2.24) is 25.8 Å². The van der Waals surface area contributed by atoms with Gasteiger partial charge in [-0.2, -0.15) is 0 Å². The van der Waals surface area contributed by atoms with Crippen LogP contribution in [0.4, 0.5) is 0 Å². The Morgan fingerprint density at radius 3 is 2.39 bits per heavy atom. The zero-order valence-corrected chi connectivity index (χ0v) is 18.6. The summed E-state index contributed by atoms with van der Waals surface area (Å²) in [6.07, 6.45) is 0.556. The van der Waals surface area contributed by atoms with Crippen LogP contribution in [0, 0.1) is 0 Å². The van der Waals surface area contributed by atoms with E-state index in [2.05, 4.69) is 16.0 Å². The maximum absolute atomic E-state index is 12.5. The molecule has 2 aliphatic rings. The monoisotopic (exact) mass is 439 g/mol. The first-order valence-electron chi connectivity index (χ1n) is 10.5. The number of rotatable bonds is 10. The van der Waals surface area contributed by atoms with E-state index in [0.717, 1.165) is 0 Å². The molecule has 0 aromatic heterocycles. The van der Waals surface area contributed by atoms with Gasteiger partial charge >= 0.3 is 0 Å². The third kappa shape index (κ3) is 6.23. The fourth-order valence-electron chi connectivity index (χ4n) is 3.73. The molecule has 0 aromatic rings. The number of nitrogens with one attached hydrogen (secondary N) is 3. The highest BCUT2D eigenvalue weighted by Gasteiger charge is 2.51. The second-order valence-electron chi connectivity index (χ2n) is 8.57. The van der Waals surface area contributed by atoms with E-state index >= 15 is 0 Å². The van der Waals surface area contributed by atoms with Gasteiger partial charge in [0.05, 0.1) is 25.2 Å². The number of hydrogen-bond donors (Lipinski definition) is 4. The lowest BCUT2D eigenvalue weighted by Crippen LogP contribution is -2.55. The van der Waals surface area contributed by atoms with Gasteiger partial charge in [-0.15, -0.1) is 0 Å². The van der Waals surface area contributed by atoms with Gasteiger partial charge in [-0.05, 0) is 26.3 Å². The molecule has 0 spiro atoms. The van der Waals surface area contributed by atoms with Crippen LogP contribution in [0.15, 0.2) is 0 Å². The minimum atomic E-state index is -1.56.